The molecule has 0 bridgehead atoms. The Morgan fingerprint density at radius 3 is 2.48 bits per heavy atom. The van der Waals surface area contributed by atoms with Crippen LogP contribution >= 0.6 is 0 Å². The van der Waals surface area contributed by atoms with Gasteiger partial charge in [0.2, 0.25) is 11.8 Å². The molecule has 1 aliphatic heterocycles. The van der Waals surface area contributed by atoms with Gasteiger partial charge in [0.15, 0.2) is 5.76 Å². The van der Waals surface area contributed by atoms with Crippen LogP contribution in [0.25, 0.3) is 11.3 Å². The van der Waals surface area contributed by atoms with Crippen LogP contribution in [0.15, 0.2) is 47.1 Å². The minimum atomic E-state index is 0.406. The molecule has 3 heterocycles. The van der Waals surface area contributed by atoms with Crippen LogP contribution in [0.1, 0.15) is 31.4 Å². The SMILES string of the molecule is COc1ccc(-c2cnc(CN3CCN(c4nccc(C(C)C)n4)CC3)o2)cc1. The number of ether oxygens (including phenoxy) is 1. The van der Waals surface area contributed by atoms with Crippen molar-refractivity contribution >= 4 is 5.95 Å². The van der Waals surface area contributed by atoms with E-state index in [1.54, 1.807) is 13.3 Å². The zero-order valence-corrected chi connectivity index (χ0v) is 17.2. The van der Waals surface area contributed by atoms with E-state index in [2.05, 4.69) is 33.6 Å². The van der Waals surface area contributed by atoms with Gasteiger partial charge in [0, 0.05) is 43.6 Å². The molecule has 7 heteroatoms. The molecule has 2 aromatic heterocycles. The van der Waals surface area contributed by atoms with Crippen molar-refractivity contribution in [2.75, 3.05) is 38.2 Å². The highest BCUT2D eigenvalue weighted by molar-refractivity contribution is 5.57. The van der Waals surface area contributed by atoms with E-state index in [0.29, 0.717) is 12.5 Å². The molecule has 0 saturated carbocycles. The summed E-state index contributed by atoms with van der Waals surface area (Å²) in [5.74, 6) is 3.58. The third kappa shape index (κ3) is 4.56. The first-order chi connectivity index (χ1) is 14.1. The molecule has 1 fully saturated rings. The second-order valence-corrected chi connectivity index (χ2v) is 7.55. The van der Waals surface area contributed by atoms with Crippen LogP contribution in [0.2, 0.25) is 0 Å². The van der Waals surface area contributed by atoms with Crippen LogP contribution in [0.4, 0.5) is 5.95 Å². The lowest BCUT2D eigenvalue weighted by molar-refractivity contribution is 0.226. The maximum atomic E-state index is 5.97. The molecular formula is C22H27N5O2. The van der Waals surface area contributed by atoms with Gasteiger partial charge in [-0.1, -0.05) is 13.8 Å². The number of anilines is 1. The highest BCUT2D eigenvalue weighted by atomic mass is 16.5. The summed E-state index contributed by atoms with van der Waals surface area (Å²) >= 11 is 0. The highest BCUT2D eigenvalue weighted by Crippen LogP contribution is 2.24. The number of nitrogens with zero attached hydrogens (tertiary/aromatic N) is 5. The van der Waals surface area contributed by atoms with Gasteiger partial charge in [-0.25, -0.2) is 15.0 Å². The first-order valence-corrected chi connectivity index (χ1v) is 10.0. The summed E-state index contributed by atoms with van der Waals surface area (Å²) < 4.78 is 11.2. The lowest BCUT2D eigenvalue weighted by atomic mass is 10.1. The number of methoxy groups -OCH3 is 1. The van der Waals surface area contributed by atoms with Gasteiger partial charge < -0.3 is 14.1 Å². The quantitative estimate of drug-likeness (QED) is 0.634. The van der Waals surface area contributed by atoms with Crippen LogP contribution in [-0.2, 0) is 6.54 Å². The molecule has 0 spiro atoms. The van der Waals surface area contributed by atoms with Gasteiger partial charge in [0.1, 0.15) is 5.75 Å². The van der Waals surface area contributed by atoms with E-state index in [4.69, 9.17) is 14.1 Å². The summed E-state index contributed by atoms with van der Waals surface area (Å²) in [4.78, 5) is 18.2. The van der Waals surface area contributed by atoms with Crippen LogP contribution in [-0.4, -0.2) is 53.1 Å². The maximum Gasteiger partial charge on any atom is 0.225 e. The van der Waals surface area contributed by atoms with Gasteiger partial charge in [0.05, 0.1) is 19.9 Å². The molecule has 0 atom stereocenters. The summed E-state index contributed by atoms with van der Waals surface area (Å²) in [6, 6.07) is 9.80. The topological polar surface area (TPSA) is 67.5 Å². The zero-order chi connectivity index (χ0) is 20.2. The van der Waals surface area contributed by atoms with Crippen molar-refractivity contribution in [3.63, 3.8) is 0 Å². The Balaban J connectivity index is 1.34. The molecule has 0 aliphatic carbocycles. The van der Waals surface area contributed by atoms with Crippen molar-refractivity contribution in [1.29, 1.82) is 0 Å². The van der Waals surface area contributed by atoms with Gasteiger partial charge in [-0.05, 0) is 36.2 Å². The van der Waals surface area contributed by atoms with Crippen molar-refractivity contribution < 1.29 is 9.15 Å². The molecule has 4 rings (SSSR count). The normalized spacial score (nSPS) is 15.1. The average Bonchev–Trinajstić information content (AvgIpc) is 3.23. The molecule has 1 aliphatic rings. The predicted octanol–water partition coefficient (Wildman–Crippen LogP) is 3.59. The van der Waals surface area contributed by atoms with E-state index >= 15 is 0 Å². The Kier molecular flexibility index (Phi) is 5.76. The fraction of sp³-hybridized carbons (Fsp3) is 0.409. The van der Waals surface area contributed by atoms with Crippen molar-refractivity contribution in [2.24, 2.45) is 0 Å². The van der Waals surface area contributed by atoms with E-state index < -0.39 is 0 Å². The molecule has 152 valence electrons. The van der Waals surface area contributed by atoms with E-state index in [1.165, 1.54) is 0 Å². The van der Waals surface area contributed by atoms with E-state index in [1.807, 2.05) is 36.5 Å². The summed E-state index contributed by atoms with van der Waals surface area (Å²) in [5, 5.41) is 0. The zero-order valence-electron chi connectivity index (χ0n) is 17.2. The fourth-order valence-corrected chi connectivity index (χ4v) is 3.41. The standard InChI is InChI=1S/C22H27N5O2/c1-16(2)19-8-9-23-22(25-19)27-12-10-26(11-13-27)15-21-24-14-20(29-21)17-4-6-18(28-3)7-5-17/h4-9,14,16H,10-13,15H2,1-3H3. The number of hydrogen-bond acceptors (Lipinski definition) is 7. The second kappa shape index (κ2) is 8.61. The summed E-state index contributed by atoms with van der Waals surface area (Å²) in [7, 11) is 1.66. The van der Waals surface area contributed by atoms with Crippen molar-refractivity contribution in [2.45, 2.75) is 26.3 Å². The Morgan fingerprint density at radius 1 is 1.03 bits per heavy atom. The third-order valence-corrected chi connectivity index (χ3v) is 5.20. The lowest BCUT2D eigenvalue weighted by Gasteiger charge is -2.34. The second-order valence-electron chi connectivity index (χ2n) is 7.55. The first kappa shape index (κ1) is 19.4. The van der Waals surface area contributed by atoms with Gasteiger partial charge >= 0.3 is 0 Å². The molecule has 29 heavy (non-hydrogen) atoms. The first-order valence-electron chi connectivity index (χ1n) is 10.0. The van der Waals surface area contributed by atoms with Crippen molar-refractivity contribution in [3.8, 4) is 17.1 Å². The Bertz CT molecular complexity index is 930. The fourth-order valence-electron chi connectivity index (χ4n) is 3.41. The van der Waals surface area contributed by atoms with Crippen LogP contribution < -0.4 is 9.64 Å². The van der Waals surface area contributed by atoms with Crippen molar-refractivity contribution in [1.82, 2.24) is 19.9 Å². The minimum absolute atomic E-state index is 0.406. The molecule has 0 unspecified atom stereocenters. The molecule has 1 saturated heterocycles. The monoisotopic (exact) mass is 393 g/mol. The Labute approximate surface area is 171 Å². The summed E-state index contributed by atoms with van der Waals surface area (Å²) in [6.07, 6.45) is 3.65. The van der Waals surface area contributed by atoms with Crippen LogP contribution in [0.5, 0.6) is 5.75 Å². The van der Waals surface area contributed by atoms with E-state index in [0.717, 1.165) is 60.8 Å². The number of aromatic nitrogens is 3. The largest absolute Gasteiger partial charge is 0.497 e. The molecular weight excluding hydrogens is 366 g/mol. The van der Waals surface area contributed by atoms with Gasteiger partial charge in [-0.3, -0.25) is 4.90 Å². The molecule has 1 aromatic carbocycles. The average molecular weight is 393 g/mol. The Hall–Kier alpha value is -2.93. The molecule has 3 aromatic rings. The third-order valence-electron chi connectivity index (χ3n) is 5.20. The van der Waals surface area contributed by atoms with Gasteiger partial charge in [-0.15, -0.1) is 0 Å². The van der Waals surface area contributed by atoms with Gasteiger partial charge in [0.25, 0.3) is 0 Å². The van der Waals surface area contributed by atoms with Gasteiger partial charge in [-0.2, -0.15) is 0 Å². The van der Waals surface area contributed by atoms with Crippen LogP contribution in [0, 0.1) is 0 Å². The number of piperazine rings is 1. The van der Waals surface area contributed by atoms with Crippen LogP contribution in [0.3, 0.4) is 0 Å². The molecule has 0 radical (unpaired) electrons. The Morgan fingerprint density at radius 2 is 1.79 bits per heavy atom. The highest BCUT2D eigenvalue weighted by Gasteiger charge is 2.21. The molecule has 0 N–H and O–H groups in total. The summed E-state index contributed by atoms with van der Waals surface area (Å²) in [5.41, 5.74) is 2.08. The number of oxazole rings is 1. The van der Waals surface area contributed by atoms with Crippen molar-refractivity contribution in [3.05, 3.63) is 54.3 Å². The predicted molar refractivity (Wildman–Crippen MR) is 112 cm³/mol. The molecule has 0 amide bonds. The molecule has 7 nitrogen and oxygen atoms in total. The van der Waals surface area contributed by atoms with E-state index in [-0.39, 0.29) is 0 Å². The summed E-state index contributed by atoms with van der Waals surface area (Å²) in [6.45, 7) is 8.66. The lowest BCUT2D eigenvalue weighted by Crippen LogP contribution is -2.46. The smallest absolute Gasteiger partial charge is 0.225 e. The number of hydrogen-bond donors (Lipinski definition) is 0. The van der Waals surface area contributed by atoms with E-state index in [9.17, 15) is 0 Å². The number of rotatable bonds is 6. The maximum absolute atomic E-state index is 5.97. The number of benzene rings is 1. The minimum Gasteiger partial charge on any atom is -0.497 e.